The maximum absolute atomic E-state index is 12.9. The van der Waals surface area contributed by atoms with Crippen LogP contribution < -0.4 is 5.43 Å². The normalized spacial score (nSPS) is 11.8. The van der Waals surface area contributed by atoms with Gasteiger partial charge in [-0.15, -0.1) is 0 Å². The van der Waals surface area contributed by atoms with Crippen molar-refractivity contribution in [2.45, 2.75) is 5.60 Å². The van der Waals surface area contributed by atoms with Crippen LogP contribution in [0.15, 0.2) is 90.0 Å². The number of aliphatic hydroxyl groups is 1. The van der Waals surface area contributed by atoms with Crippen LogP contribution in [0.25, 0.3) is 6.08 Å². The monoisotopic (exact) mass is 424 g/mol. The summed E-state index contributed by atoms with van der Waals surface area (Å²) in [6.07, 6.45) is 4.98. The number of carbonyl (C=O) groups is 1. The first kappa shape index (κ1) is 20.8. The number of hydrogen-bond acceptors (Lipinski definition) is 3. The summed E-state index contributed by atoms with van der Waals surface area (Å²) in [7, 11) is 0. The topological polar surface area (TPSA) is 61.7 Å². The minimum atomic E-state index is -1.96. The molecule has 0 spiro atoms. The lowest BCUT2D eigenvalue weighted by atomic mass is 9.85. The lowest BCUT2D eigenvalue weighted by molar-refractivity contribution is -0.136. The number of rotatable bonds is 6. The Kier molecular flexibility index (Phi) is 6.83. The van der Waals surface area contributed by atoms with Crippen LogP contribution in [-0.2, 0) is 10.4 Å². The number of carbonyl (C=O) groups excluding carboxylic acids is 1. The second-order valence-electron chi connectivity index (χ2n) is 6.21. The molecule has 3 aromatic carbocycles. The molecular formula is C23H18Cl2N2O2. The van der Waals surface area contributed by atoms with Gasteiger partial charge in [-0.3, -0.25) is 4.79 Å². The van der Waals surface area contributed by atoms with Crippen molar-refractivity contribution < 1.29 is 9.90 Å². The van der Waals surface area contributed by atoms with E-state index in [1.54, 1.807) is 54.6 Å². The molecule has 0 heterocycles. The third-order valence-electron chi connectivity index (χ3n) is 4.27. The van der Waals surface area contributed by atoms with Gasteiger partial charge in [0.1, 0.15) is 0 Å². The number of amides is 1. The summed E-state index contributed by atoms with van der Waals surface area (Å²) in [5.74, 6) is -0.702. The van der Waals surface area contributed by atoms with Gasteiger partial charge in [-0.25, -0.2) is 5.43 Å². The number of allylic oxidation sites excluding steroid dienone is 1. The Morgan fingerprint density at radius 3 is 1.90 bits per heavy atom. The van der Waals surface area contributed by atoms with E-state index in [4.69, 9.17) is 23.2 Å². The number of nitrogens with one attached hydrogen (secondary N) is 1. The van der Waals surface area contributed by atoms with Gasteiger partial charge in [-0.1, -0.05) is 83.9 Å². The smallest absolute Gasteiger partial charge is 0.281 e. The van der Waals surface area contributed by atoms with E-state index in [1.165, 1.54) is 6.21 Å². The van der Waals surface area contributed by atoms with Crippen LogP contribution in [0.1, 0.15) is 16.7 Å². The first-order valence-electron chi connectivity index (χ1n) is 8.80. The molecule has 0 radical (unpaired) electrons. The minimum Gasteiger partial charge on any atom is -0.372 e. The summed E-state index contributed by atoms with van der Waals surface area (Å²) in [5.41, 5.74) is 2.16. The summed E-state index contributed by atoms with van der Waals surface area (Å²) < 4.78 is 0. The fourth-order valence-electron chi connectivity index (χ4n) is 2.75. The van der Waals surface area contributed by atoms with Gasteiger partial charge in [0, 0.05) is 16.3 Å². The average Bonchev–Trinajstić information content (AvgIpc) is 2.74. The molecule has 3 rings (SSSR count). The number of benzene rings is 3. The highest BCUT2D eigenvalue weighted by Crippen LogP contribution is 2.31. The Balaban J connectivity index is 1.83. The summed E-state index contributed by atoms with van der Waals surface area (Å²) >= 11 is 11.9. The molecule has 0 aliphatic carbocycles. The molecule has 29 heavy (non-hydrogen) atoms. The van der Waals surface area contributed by atoms with Crippen molar-refractivity contribution >= 4 is 41.4 Å². The van der Waals surface area contributed by atoms with Crippen molar-refractivity contribution in [1.29, 1.82) is 0 Å². The molecule has 0 aromatic heterocycles. The lowest BCUT2D eigenvalue weighted by Gasteiger charge is -2.27. The molecule has 3 aromatic rings. The zero-order valence-electron chi connectivity index (χ0n) is 15.3. The predicted octanol–water partition coefficient (Wildman–Crippen LogP) is 5.04. The van der Waals surface area contributed by atoms with Crippen LogP contribution in [0.2, 0.25) is 10.0 Å². The first-order chi connectivity index (χ1) is 14.0. The molecule has 146 valence electrons. The Bertz CT molecular complexity index is 970. The summed E-state index contributed by atoms with van der Waals surface area (Å²) in [4.78, 5) is 12.9. The Hall–Kier alpha value is -2.92. The third-order valence-corrected chi connectivity index (χ3v) is 4.77. The Morgan fingerprint density at radius 1 is 0.862 bits per heavy atom. The van der Waals surface area contributed by atoms with Crippen LogP contribution in [0.4, 0.5) is 0 Å². The molecule has 0 aliphatic rings. The fourth-order valence-corrected chi connectivity index (χ4v) is 3.00. The quantitative estimate of drug-likeness (QED) is 0.429. The standard InChI is InChI=1S/C23H18Cl2N2O2/c24-20-12-8-18(9-13-20)23(29,19-10-14-21(25)15-11-19)22(28)27-26-16-4-7-17-5-2-1-3-6-17/h1-16,29H,(H,27,28)/b7-4+,26-16+. The molecule has 6 heteroatoms. The molecule has 0 saturated heterocycles. The maximum atomic E-state index is 12.9. The van der Waals surface area contributed by atoms with Crippen LogP contribution >= 0.6 is 23.2 Å². The summed E-state index contributed by atoms with van der Waals surface area (Å²) in [6, 6.07) is 22.5. The van der Waals surface area contributed by atoms with E-state index >= 15 is 0 Å². The largest absolute Gasteiger partial charge is 0.372 e. The zero-order chi connectivity index (χ0) is 20.7. The zero-order valence-corrected chi connectivity index (χ0v) is 16.8. The van der Waals surface area contributed by atoms with Crippen molar-refractivity contribution in [3.05, 3.63) is 112 Å². The Morgan fingerprint density at radius 2 is 1.38 bits per heavy atom. The van der Waals surface area contributed by atoms with E-state index in [0.717, 1.165) is 5.56 Å². The fraction of sp³-hybridized carbons (Fsp3) is 0.0435. The molecule has 1 amide bonds. The maximum Gasteiger partial charge on any atom is 0.281 e. The van der Waals surface area contributed by atoms with Gasteiger partial charge in [0.05, 0.1) is 0 Å². The molecule has 2 N–H and O–H groups in total. The van der Waals surface area contributed by atoms with Gasteiger partial charge in [0.2, 0.25) is 0 Å². The highest BCUT2D eigenvalue weighted by molar-refractivity contribution is 6.30. The highest BCUT2D eigenvalue weighted by atomic mass is 35.5. The van der Waals surface area contributed by atoms with Gasteiger partial charge in [0.25, 0.3) is 5.91 Å². The molecule has 0 unspecified atom stereocenters. The van der Waals surface area contributed by atoms with E-state index in [1.807, 2.05) is 36.4 Å². The molecular weight excluding hydrogens is 407 g/mol. The van der Waals surface area contributed by atoms with Gasteiger partial charge >= 0.3 is 0 Å². The van der Waals surface area contributed by atoms with Gasteiger partial charge in [0.15, 0.2) is 5.60 Å². The van der Waals surface area contributed by atoms with Crippen molar-refractivity contribution in [2.75, 3.05) is 0 Å². The van der Waals surface area contributed by atoms with Gasteiger partial charge in [-0.2, -0.15) is 5.10 Å². The second kappa shape index (κ2) is 9.52. The van der Waals surface area contributed by atoms with Crippen molar-refractivity contribution in [3.8, 4) is 0 Å². The second-order valence-corrected chi connectivity index (χ2v) is 7.09. The van der Waals surface area contributed by atoms with Crippen molar-refractivity contribution in [3.63, 3.8) is 0 Å². The van der Waals surface area contributed by atoms with Crippen molar-refractivity contribution in [1.82, 2.24) is 5.43 Å². The van der Waals surface area contributed by atoms with E-state index < -0.39 is 11.5 Å². The minimum absolute atomic E-state index is 0.358. The third kappa shape index (κ3) is 5.12. The van der Waals surface area contributed by atoms with Gasteiger partial charge in [-0.05, 0) is 47.0 Å². The number of hydrogen-bond donors (Lipinski definition) is 2. The lowest BCUT2D eigenvalue weighted by Crippen LogP contribution is -2.43. The number of nitrogens with zero attached hydrogens (tertiary/aromatic N) is 1. The van der Waals surface area contributed by atoms with E-state index in [9.17, 15) is 9.90 Å². The number of halogens is 2. The Labute approximate surface area is 179 Å². The molecule has 0 bridgehead atoms. The predicted molar refractivity (Wildman–Crippen MR) is 118 cm³/mol. The molecule has 0 atom stereocenters. The van der Waals surface area contributed by atoms with Crippen LogP contribution in [0.5, 0.6) is 0 Å². The van der Waals surface area contributed by atoms with Crippen LogP contribution in [0, 0.1) is 0 Å². The summed E-state index contributed by atoms with van der Waals surface area (Å²) in [5, 5.41) is 16.3. The van der Waals surface area contributed by atoms with Crippen LogP contribution in [-0.4, -0.2) is 17.2 Å². The number of hydrazone groups is 1. The molecule has 0 saturated carbocycles. The molecule has 0 fully saturated rings. The van der Waals surface area contributed by atoms with E-state index in [-0.39, 0.29) is 0 Å². The van der Waals surface area contributed by atoms with Crippen molar-refractivity contribution in [2.24, 2.45) is 5.10 Å². The highest BCUT2D eigenvalue weighted by Gasteiger charge is 2.40. The molecule has 4 nitrogen and oxygen atoms in total. The first-order valence-corrected chi connectivity index (χ1v) is 9.55. The van der Waals surface area contributed by atoms with Crippen LogP contribution in [0.3, 0.4) is 0 Å². The molecule has 0 aliphatic heterocycles. The summed E-state index contributed by atoms with van der Waals surface area (Å²) in [6.45, 7) is 0. The van der Waals surface area contributed by atoms with E-state index in [2.05, 4.69) is 10.5 Å². The van der Waals surface area contributed by atoms with E-state index in [0.29, 0.717) is 21.2 Å². The SMILES string of the molecule is O=C(N/N=C/C=C/c1ccccc1)C(O)(c1ccc(Cl)cc1)c1ccc(Cl)cc1. The van der Waals surface area contributed by atoms with Gasteiger partial charge < -0.3 is 5.11 Å². The average molecular weight is 425 g/mol.